The van der Waals surface area contributed by atoms with Crippen molar-refractivity contribution in [3.05, 3.63) is 30.1 Å². The van der Waals surface area contributed by atoms with Crippen molar-refractivity contribution in [3.8, 4) is 0 Å². The zero-order chi connectivity index (χ0) is 10.7. The number of aryl methyl sites for hydroxylation is 1. The molecule has 0 bridgehead atoms. The van der Waals surface area contributed by atoms with E-state index in [9.17, 15) is 4.79 Å². The molecule has 3 nitrogen and oxygen atoms in total. The Kier molecular flexibility index (Phi) is 2.81. The van der Waals surface area contributed by atoms with Crippen molar-refractivity contribution in [2.45, 2.75) is 26.3 Å². The van der Waals surface area contributed by atoms with Crippen LogP contribution in [0.1, 0.15) is 18.9 Å². The molecule has 15 heavy (non-hydrogen) atoms. The van der Waals surface area contributed by atoms with Gasteiger partial charge in [-0.25, -0.2) is 4.98 Å². The van der Waals surface area contributed by atoms with Crippen LogP contribution in [0.25, 0.3) is 11.0 Å². The first-order chi connectivity index (χ1) is 7.35. The fourth-order valence-corrected chi connectivity index (χ4v) is 1.74. The van der Waals surface area contributed by atoms with E-state index in [2.05, 4.69) is 16.5 Å². The van der Waals surface area contributed by atoms with Gasteiger partial charge in [0, 0.05) is 13.0 Å². The minimum atomic E-state index is 0.479. The number of nitrogens with zero attached hydrogens (tertiary/aromatic N) is 2. The summed E-state index contributed by atoms with van der Waals surface area (Å²) >= 11 is 0. The number of fused-ring (bicyclic) bond motifs is 1. The van der Waals surface area contributed by atoms with Gasteiger partial charge in [0.25, 0.3) is 0 Å². The molecule has 78 valence electrons. The number of aromatic nitrogens is 2. The highest BCUT2D eigenvalue weighted by atomic mass is 16.1. The Labute approximate surface area is 88.7 Å². The van der Waals surface area contributed by atoms with Crippen LogP contribution in [0.2, 0.25) is 0 Å². The van der Waals surface area contributed by atoms with Crippen molar-refractivity contribution >= 4 is 17.3 Å². The van der Waals surface area contributed by atoms with Crippen molar-refractivity contribution in [3.63, 3.8) is 0 Å². The molecule has 1 heterocycles. The summed E-state index contributed by atoms with van der Waals surface area (Å²) in [6, 6.07) is 5.98. The normalized spacial score (nSPS) is 10.7. The van der Waals surface area contributed by atoms with Crippen LogP contribution in [0.3, 0.4) is 0 Å². The first-order valence-corrected chi connectivity index (χ1v) is 5.22. The molecule has 2 aromatic rings. The number of imidazole rings is 1. The topological polar surface area (TPSA) is 34.9 Å². The van der Waals surface area contributed by atoms with Crippen LogP contribution in [0.5, 0.6) is 0 Å². The Hall–Kier alpha value is -1.64. The monoisotopic (exact) mass is 202 g/mol. The molecule has 0 saturated carbocycles. The third-order valence-corrected chi connectivity index (χ3v) is 2.47. The van der Waals surface area contributed by atoms with Crippen molar-refractivity contribution < 1.29 is 4.79 Å². The van der Waals surface area contributed by atoms with Gasteiger partial charge >= 0.3 is 0 Å². The predicted octanol–water partition coefficient (Wildman–Crippen LogP) is 2.19. The van der Waals surface area contributed by atoms with E-state index < -0.39 is 0 Å². The lowest BCUT2D eigenvalue weighted by atomic mass is 10.1. The summed E-state index contributed by atoms with van der Waals surface area (Å²) < 4.78 is 2.13. The second kappa shape index (κ2) is 4.26. The van der Waals surface area contributed by atoms with E-state index in [0.29, 0.717) is 6.42 Å². The molecule has 0 amide bonds. The van der Waals surface area contributed by atoms with E-state index in [1.54, 1.807) is 0 Å². The Balaban J connectivity index is 2.46. The molecular formula is C12H14N2O. The lowest BCUT2D eigenvalue weighted by Gasteiger charge is -2.02. The molecule has 1 aromatic heterocycles. The van der Waals surface area contributed by atoms with Gasteiger partial charge in [0.2, 0.25) is 0 Å². The lowest BCUT2D eigenvalue weighted by Crippen LogP contribution is -1.94. The van der Waals surface area contributed by atoms with Crippen LogP contribution in [0.4, 0.5) is 0 Å². The van der Waals surface area contributed by atoms with Crippen LogP contribution >= 0.6 is 0 Å². The van der Waals surface area contributed by atoms with Crippen LogP contribution in [0, 0.1) is 0 Å². The highest BCUT2D eigenvalue weighted by molar-refractivity contribution is 5.77. The number of carbonyl (C=O) groups excluding carboxylic acids is 1. The van der Waals surface area contributed by atoms with Gasteiger partial charge in [0.05, 0.1) is 17.4 Å². The number of benzene rings is 1. The fraction of sp³-hybridized carbons (Fsp3) is 0.333. The van der Waals surface area contributed by atoms with E-state index >= 15 is 0 Å². The van der Waals surface area contributed by atoms with Gasteiger partial charge in [-0.15, -0.1) is 0 Å². The second-order valence-corrected chi connectivity index (χ2v) is 3.63. The van der Waals surface area contributed by atoms with Gasteiger partial charge in [-0.05, 0) is 24.1 Å². The van der Waals surface area contributed by atoms with E-state index in [0.717, 1.165) is 35.8 Å². The average Bonchev–Trinajstić information content (AvgIpc) is 2.63. The van der Waals surface area contributed by atoms with Gasteiger partial charge in [-0.3, -0.25) is 0 Å². The summed E-state index contributed by atoms with van der Waals surface area (Å²) in [6.07, 6.45) is 4.36. The Morgan fingerprint density at radius 1 is 1.47 bits per heavy atom. The third-order valence-electron chi connectivity index (χ3n) is 2.47. The summed E-state index contributed by atoms with van der Waals surface area (Å²) in [5.41, 5.74) is 3.17. The molecule has 0 aliphatic rings. The molecule has 0 spiro atoms. The molecule has 0 unspecified atom stereocenters. The molecule has 1 aromatic carbocycles. The fourth-order valence-electron chi connectivity index (χ4n) is 1.74. The quantitative estimate of drug-likeness (QED) is 0.712. The molecule has 0 N–H and O–H groups in total. The Bertz CT molecular complexity index is 473. The maximum absolute atomic E-state index is 10.4. The molecule has 3 heteroatoms. The standard InChI is InChI=1S/C12H14N2O/c1-2-6-14-9-13-11-4-3-10(5-7-15)8-12(11)14/h3-4,7-9H,2,5-6H2,1H3. The number of carbonyl (C=O) groups is 1. The minimum absolute atomic E-state index is 0.479. The van der Waals surface area contributed by atoms with Crippen molar-refractivity contribution in [2.24, 2.45) is 0 Å². The molecule has 0 radical (unpaired) electrons. The molecule has 0 aliphatic carbocycles. The maximum Gasteiger partial charge on any atom is 0.124 e. The van der Waals surface area contributed by atoms with E-state index in [-0.39, 0.29) is 0 Å². The average molecular weight is 202 g/mol. The first kappa shape index (κ1) is 9.90. The number of hydrogen-bond acceptors (Lipinski definition) is 2. The summed E-state index contributed by atoms with van der Waals surface area (Å²) in [5, 5.41) is 0. The Morgan fingerprint density at radius 2 is 2.33 bits per heavy atom. The van der Waals surface area contributed by atoms with E-state index in [1.807, 2.05) is 24.5 Å². The summed E-state index contributed by atoms with van der Waals surface area (Å²) in [5.74, 6) is 0. The zero-order valence-corrected chi connectivity index (χ0v) is 8.81. The van der Waals surface area contributed by atoms with E-state index in [4.69, 9.17) is 0 Å². The lowest BCUT2D eigenvalue weighted by molar-refractivity contribution is -0.107. The third kappa shape index (κ3) is 1.91. The second-order valence-electron chi connectivity index (χ2n) is 3.63. The van der Waals surface area contributed by atoms with Crippen LogP contribution in [-0.4, -0.2) is 15.8 Å². The zero-order valence-electron chi connectivity index (χ0n) is 8.81. The highest BCUT2D eigenvalue weighted by Crippen LogP contribution is 2.15. The molecular weight excluding hydrogens is 188 g/mol. The molecule has 0 fully saturated rings. The van der Waals surface area contributed by atoms with Crippen molar-refractivity contribution in [1.29, 1.82) is 0 Å². The van der Waals surface area contributed by atoms with Gasteiger partial charge in [0.15, 0.2) is 0 Å². The van der Waals surface area contributed by atoms with Crippen LogP contribution in [-0.2, 0) is 17.8 Å². The number of aldehydes is 1. The van der Waals surface area contributed by atoms with Crippen LogP contribution in [0.15, 0.2) is 24.5 Å². The molecule has 0 aliphatic heterocycles. The predicted molar refractivity (Wildman–Crippen MR) is 59.8 cm³/mol. The minimum Gasteiger partial charge on any atom is -0.331 e. The maximum atomic E-state index is 10.4. The van der Waals surface area contributed by atoms with Crippen molar-refractivity contribution in [1.82, 2.24) is 9.55 Å². The first-order valence-electron chi connectivity index (χ1n) is 5.22. The van der Waals surface area contributed by atoms with E-state index in [1.165, 1.54) is 0 Å². The smallest absolute Gasteiger partial charge is 0.124 e. The summed E-state index contributed by atoms with van der Waals surface area (Å²) in [4.78, 5) is 14.7. The molecule has 2 rings (SSSR count). The van der Waals surface area contributed by atoms with Gasteiger partial charge in [-0.2, -0.15) is 0 Å². The summed E-state index contributed by atoms with van der Waals surface area (Å²) in [7, 11) is 0. The van der Waals surface area contributed by atoms with Gasteiger partial charge < -0.3 is 9.36 Å². The largest absolute Gasteiger partial charge is 0.331 e. The van der Waals surface area contributed by atoms with Gasteiger partial charge in [0.1, 0.15) is 6.29 Å². The number of hydrogen-bond donors (Lipinski definition) is 0. The SMILES string of the molecule is CCCn1cnc2ccc(CC=O)cc21. The Morgan fingerprint density at radius 3 is 3.07 bits per heavy atom. The number of rotatable bonds is 4. The highest BCUT2D eigenvalue weighted by Gasteiger charge is 2.02. The van der Waals surface area contributed by atoms with Gasteiger partial charge in [-0.1, -0.05) is 13.0 Å². The van der Waals surface area contributed by atoms with Crippen molar-refractivity contribution in [2.75, 3.05) is 0 Å². The van der Waals surface area contributed by atoms with Crippen LogP contribution < -0.4 is 0 Å². The molecule has 0 atom stereocenters. The molecule has 0 saturated heterocycles. The summed E-state index contributed by atoms with van der Waals surface area (Å²) in [6.45, 7) is 3.11.